The zero-order valence-corrected chi connectivity index (χ0v) is 17.1. The van der Waals surface area contributed by atoms with Gasteiger partial charge in [-0.2, -0.15) is 4.91 Å². The second kappa shape index (κ2) is 16.5. The Balaban J connectivity index is 3.47. The molecule has 1 N–H and O–H groups in total. The Bertz CT molecular complexity index is 330. The van der Waals surface area contributed by atoms with Gasteiger partial charge < -0.3 is 5.32 Å². The van der Waals surface area contributed by atoms with Gasteiger partial charge >= 0.3 is 0 Å². The lowest BCUT2D eigenvalue weighted by Gasteiger charge is -2.23. The molecule has 1 amide bonds. The summed E-state index contributed by atoms with van der Waals surface area (Å²) in [7, 11) is 0. The summed E-state index contributed by atoms with van der Waals surface area (Å²) in [6, 6.07) is 0. The molecule has 4 nitrogen and oxygen atoms in total. The SMILES string of the molecule is CCCCCCCCCCCCCCC(C)(C)C(=O)NCCCN=O. The van der Waals surface area contributed by atoms with Gasteiger partial charge in [0, 0.05) is 12.0 Å². The average Bonchev–Trinajstić information content (AvgIpc) is 2.59. The van der Waals surface area contributed by atoms with Gasteiger partial charge in [0.05, 0.1) is 6.54 Å². The van der Waals surface area contributed by atoms with Crippen molar-refractivity contribution < 1.29 is 4.79 Å². The minimum atomic E-state index is -0.312. The Morgan fingerprint density at radius 1 is 0.800 bits per heavy atom. The minimum Gasteiger partial charge on any atom is -0.356 e. The van der Waals surface area contributed by atoms with E-state index in [0.29, 0.717) is 13.0 Å². The third kappa shape index (κ3) is 15.1. The van der Waals surface area contributed by atoms with Crippen LogP contribution in [-0.2, 0) is 4.79 Å². The maximum Gasteiger partial charge on any atom is 0.225 e. The third-order valence-corrected chi connectivity index (χ3v) is 4.98. The first-order valence-electron chi connectivity index (χ1n) is 10.6. The van der Waals surface area contributed by atoms with E-state index >= 15 is 0 Å². The molecule has 25 heavy (non-hydrogen) atoms. The smallest absolute Gasteiger partial charge is 0.225 e. The lowest BCUT2D eigenvalue weighted by molar-refractivity contribution is -0.129. The zero-order valence-electron chi connectivity index (χ0n) is 17.1. The van der Waals surface area contributed by atoms with Crippen molar-refractivity contribution in [3.8, 4) is 0 Å². The van der Waals surface area contributed by atoms with E-state index in [-0.39, 0.29) is 17.9 Å². The number of nitrogens with one attached hydrogen (secondary N) is 1. The van der Waals surface area contributed by atoms with E-state index in [1.165, 1.54) is 70.6 Å². The number of nitrogens with zero attached hydrogens (tertiary/aromatic N) is 1. The van der Waals surface area contributed by atoms with Gasteiger partial charge in [-0.25, -0.2) is 0 Å². The first kappa shape index (κ1) is 24.1. The highest BCUT2D eigenvalue weighted by Crippen LogP contribution is 2.24. The molecule has 0 unspecified atom stereocenters. The molecule has 0 heterocycles. The van der Waals surface area contributed by atoms with Crippen LogP contribution in [-0.4, -0.2) is 19.0 Å². The summed E-state index contributed by atoms with van der Waals surface area (Å²) >= 11 is 0. The van der Waals surface area contributed by atoms with Gasteiger partial charge in [0.15, 0.2) is 0 Å². The lowest BCUT2D eigenvalue weighted by atomic mass is 9.85. The number of amides is 1. The number of rotatable bonds is 18. The number of unbranched alkanes of at least 4 members (excludes halogenated alkanes) is 11. The van der Waals surface area contributed by atoms with Crippen molar-refractivity contribution >= 4 is 5.91 Å². The molecule has 0 saturated heterocycles. The first-order chi connectivity index (χ1) is 12.0. The third-order valence-electron chi connectivity index (χ3n) is 4.98. The molecule has 0 fully saturated rings. The largest absolute Gasteiger partial charge is 0.356 e. The standard InChI is InChI=1S/C21H42N2O2/c1-4-5-6-7-8-9-10-11-12-13-14-15-17-21(2,3)20(24)22-18-16-19-23-25/h4-19H2,1-3H3,(H,22,24). The highest BCUT2D eigenvalue weighted by molar-refractivity contribution is 5.81. The topological polar surface area (TPSA) is 58.5 Å². The van der Waals surface area contributed by atoms with Gasteiger partial charge in [-0.1, -0.05) is 103 Å². The van der Waals surface area contributed by atoms with Crippen molar-refractivity contribution in [1.29, 1.82) is 0 Å². The van der Waals surface area contributed by atoms with Crippen LogP contribution in [0.25, 0.3) is 0 Å². The maximum atomic E-state index is 12.1. The van der Waals surface area contributed by atoms with Gasteiger partial charge in [-0.05, 0) is 12.8 Å². The quantitative estimate of drug-likeness (QED) is 0.229. The number of hydrogen-bond acceptors (Lipinski definition) is 3. The molecule has 148 valence electrons. The van der Waals surface area contributed by atoms with Crippen molar-refractivity contribution in [2.75, 3.05) is 13.1 Å². The molecule has 0 aliphatic rings. The monoisotopic (exact) mass is 354 g/mol. The first-order valence-corrected chi connectivity index (χ1v) is 10.6. The van der Waals surface area contributed by atoms with Crippen molar-refractivity contribution in [3.05, 3.63) is 4.91 Å². The van der Waals surface area contributed by atoms with Gasteiger partial charge in [-0.15, -0.1) is 0 Å². The van der Waals surface area contributed by atoms with Crippen LogP contribution in [0.15, 0.2) is 5.18 Å². The highest BCUT2D eigenvalue weighted by Gasteiger charge is 2.26. The van der Waals surface area contributed by atoms with Crippen molar-refractivity contribution in [2.24, 2.45) is 10.6 Å². The normalized spacial score (nSPS) is 11.5. The number of carbonyl (C=O) groups excluding carboxylic acids is 1. The Labute approximate surface area is 155 Å². The van der Waals surface area contributed by atoms with Gasteiger partial charge in [-0.3, -0.25) is 4.79 Å². The number of hydrogen-bond donors (Lipinski definition) is 1. The van der Waals surface area contributed by atoms with Crippen LogP contribution in [0.1, 0.15) is 111 Å². The molecule has 4 heteroatoms. The predicted octanol–water partition coefficient (Wildman–Crippen LogP) is 6.38. The fourth-order valence-electron chi connectivity index (χ4n) is 3.11. The number of nitroso groups, excluding NO2 is 1. The van der Waals surface area contributed by atoms with E-state index in [4.69, 9.17) is 0 Å². The van der Waals surface area contributed by atoms with Gasteiger partial charge in [0.2, 0.25) is 5.91 Å². The molecule has 0 aliphatic heterocycles. The van der Waals surface area contributed by atoms with E-state index in [9.17, 15) is 9.70 Å². The van der Waals surface area contributed by atoms with Crippen LogP contribution >= 0.6 is 0 Å². The van der Waals surface area contributed by atoms with Crippen LogP contribution in [0.3, 0.4) is 0 Å². The Kier molecular flexibility index (Phi) is 15.9. The second-order valence-electron chi connectivity index (χ2n) is 7.99. The maximum absolute atomic E-state index is 12.1. The minimum absolute atomic E-state index is 0.0986. The molecule has 0 radical (unpaired) electrons. The molecule has 0 aromatic rings. The van der Waals surface area contributed by atoms with E-state index < -0.39 is 0 Å². The van der Waals surface area contributed by atoms with E-state index in [1.807, 2.05) is 13.8 Å². The molecule has 0 atom stereocenters. The van der Waals surface area contributed by atoms with Gasteiger partial charge in [0.25, 0.3) is 0 Å². The fraction of sp³-hybridized carbons (Fsp3) is 0.952. The summed E-state index contributed by atoms with van der Waals surface area (Å²) in [5.41, 5.74) is -0.312. The summed E-state index contributed by atoms with van der Waals surface area (Å²) in [4.78, 5) is 22.2. The Morgan fingerprint density at radius 3 is 1.76 bits per heavy atom. The summed E-state index contributed by atoms with van der Waals surface area (Å²) in [6.07, 6.45) is 17.6. The Hall–Kier alpha value is -0.930. The zero-order chi connectivity index (χ0) is 18.8. The highest BCUT2D eigenvalue weighted by atomic mass is 16.3. The van der Waals surface area contributed by atoms with E-state index in [1.54, 1.807) is 0 Å². The molecule has 0 bridgehead atoms. The number of carbonyl (C=O) groups is 1. The summed E-state index contributed by atoms with van der Waals surface area (Å²) in [5.74, 6) is 0.0986. The van der Waals surface area contributed by atoms with Crippen LogP contribution in [0, 0.1) is 10.3 Å². The average molecular weight is 355 g/mol. The van der Waals surface area contributed by atoms with E-state index in [2.05, 4.69) is 17.4 Å². The van der Waals surface area contributed by atoms with Crippen LogP contribution in [0.4, 0.5) is 0 Å². The molecule has 0 saturated carbocycles. The van der Waals surface area contributed by atoms with Gasteiger partial charge in [0.1, 0.15) is 0 Å². The summed E-state index contributed by atoms with van der Waals surface area (Å²) in [5, 5.41) is 5.72. The molecule has 0 aliphatic carbocycles. The van der Waals surface area contributed by atoms with Crippen LogP contribution in [0.2, 0.25) is 0 Å². The second-order valence-corrected chi connectivity index (χ2v) is 7.99. The molecular formula is C21H42N2O2. The summed E-state index contributed by atoms with van der Waals surface area (Å²) in [6.45, 7) is 7.12. The molecule has 0 rings (SSSR count). The lowest BCUT2D eigenvalue weighted by Crippen LogP contribution is -2.37. The van der Waals surface area contributed by atoms with Crippen LogP contribution in [0.5, 0.6) is 0 Å². The van der Waals surface area contributed by atoms with E-state index in [0.717, 1.165) is 12.8 Å². The molecule has 0 aromatic carbocycles. The van der Waals surface area contributed by atoms with Crippen LogP contribution < -0.4 is 5.32 Å². The molecule has 0 aromatic heterocycles. The van der Waals surface area contributed by atoms with Crippen molar-refractivity contribution in [1.82, 2.24) is 5.32 Å². The van der Waals surface area contributed by atoms with Crippen molar-refractivity contribution in [2.45, 2.75) is 111 Å². The molecular weight excluding hydrogens is 312 g/mol. The molecule has 0 spiro atoms. The van der Waals surface area contributed by atoms with Crippen molar-refractivity contribution in [3.63, 3.8) is 0 Å². The Morgan fingerprint density at radius 2 is 1.28 bits per heavy atom. The predicted molar refractivity (Wildman–Crippen MR) is 108 cm³/mol. The summed E-state index contributed by atoms with van der Waals surface area (Å²) < 4.78 is 0. The fourth-order valence-corrected chi connectivity index (χ4v) is 3.11.